The maximum Gasteiger partial charge on any atom is 0.169 e. The van der Waals surface area contributed by atoms with Crippen LogP contribution in [0.2, 0.25) is 0 Å². The molecule has 0 spiro atoms. The molecule has 2 rings (SSSR count). The highest BCUT2D eigenvalue weighted by Gasteiger charge is 2.02. The fraction of sp³-hybridized carbons (Fsp3) is 0. The van der Waals surface area contributed by atoms with Gasteiger partial charge >= 0.3 is 0 Å². The Kier molecular flexibility index (Phi) is 2.06. The first kappa shape index (κ1) is 8.31. The molecule has 0 aromatic carbocycles. The zero-order valence-electron chi connectivity index (χ0n) is 6.70. The molecule has 2 N–H and O–H groups in total. The zero-order chi connectivity index (χ0) is 9.26. The van der Waals surface area contributed by atoms with Crippen LogP contribution in [-0.4, -0.2) is 4.98 Å². The number of pyridine rings is 1. The molecule has 0 radical (unpaired) electrons. The van der Waals surface area contributed by atoms with Gasteiger partial charge in [-0.05, 0) is 40.2 Å². The van der Waals surface area contributed by atoms with Crippen LogP contribution in [-0.2, 0) is 0 Å². The van der Waals surface area contributed by atoms with E-state index in [2.05, 4.69) is 20.9 Å². The quantitative estimate of drug-likeness (QED) is 0.832. The molecule has 66 valence electrons. The number of furan rings is 1. The van der Waals surface area contributed by atoms with Crippen molar-refractivity contribution >= 4 is 21.7 Å². The highest BCUT2D eigenvalue weighted by Crippen LogP contribution is 2.25. The van der Waals surface area contributed by atoms with Gasteiger partial charge in [0.15, 0.2) is 4.67 Å². The second kappa shape index (κ2) is 3.22. The smallest absolute Gasteiger partial charge is 0.169 e. The molecule has 3 nitrogen and oxygen atoms in total. The van der Waals surface area contributed by atoms with Gasteiger partial charge in [-0.3, -0.25) is 0 Å². The fourth-order valence-electron chi connectivity index (χ4n) is 1.07. The van der Waals surface area contributed by atoms with Gasteiger partial charge in [0.2, 0.25) is 0 Å². The number of rotatable bonds is 1. The highest BCUT2D eigenvalue weighted by atomic mass is 79.9. The third-order valence-electron chi connectivity index (χ3n) is 1.64. The van der Waals surface area contributed by atoms with E-state index in [1.165, 1.54) is 0 Å². The normalized spacial score (nSPS) is 10.2. The van der Waals surface area contributed by atoms with Crippen LogP contribution in [0.4, 0.5) is 5.82 Å². The summed E-state index contributed by atoms with van der Waals surface area (Å²) < 4.78 is 6.06. The first-order chi connectivity index (χ1) is 6.25. The summed E-state index contributed by atoms with van der Waals surface area (Å²) in [6.07, 6.45) is 1.65. The predicted octanol–water partition coefficient (Wildman–Crippen LogP) is 2.69. The largest absolute Gasteiger partial charge is 0.449 e. The summed E-state index contributed by atoms with van der Waals surface area (Å²) in [7, 11) is 0. The lowest BCUT2D eigenvalue weighted by Gasteiger charge is -1.96. The molecule has 0 unspecified atom stereocenters. The van der Waals surface area contributed by atoms with Crippen LogP contribution in [0.15, 0.2) is 39.5 Å². The highest BCUT2D eigenvalue weighted by molar-refractivity contribution is 9.10. The number of aromatic nitrogens is 1. The van der Waals surface area contributed by atoms with Crippen molar-refractivity contribution < 1.29 is 4.42 Å². The van der Waals surface area contributed by atoms with Gasteiger partial charge in [-0.2, -0.15) is 0 Å². The lowest BCUT2D eigenvalue weighted by molar-refractivity contribution is 0.556. The van der Waals surface area contributed by atoms with Crippen LogP contribution in [0, 0.1) is 0 Å². The molecule has 0 amide bonds. The van der Waals surface area contributed by atoms with Crippen LogP contribution >= 0.6 is 15.9 Å². The number of hydrogen-bond donors (Lipinski definition) is 1. The van der Waals surface area contributed by atoms with Gasteiger partial charge in [0.05, 0.1) is 0 Å². The maximum absolute atomic E-state index is 5.54. The van der Waals surface area contributed by atoms with E-state index < -0.39 is 0 Å². The average molecular weight is 239 g/mol. The SMILES string of the molecule is Nc1cc(-c2ccc(Br)o2)ccn1. The molecule has 0 saturated heterocycles. The molecule has 0 aliphatic rings. The van der Waals surface area contributed by atoms with Gasteiger partial charge in [-0.15, -0.1) is 0 Å². The summed E-state index contributed by atoms with van der Waals surface area (Å²) in [6.45, 7) is 0. The van der Waals surface area contributed by atoms with Gasteiger partial charge < -0.3 is 10.2 Å². The van der Waals surface area contributed by atoms with Crippen molar-refractivity contribution in [2.75, 3.05) is 5.73 Å². The molecular formula is C9H7BrN2O. The van der Waals surface area contributed by atoms with Gasteiger partial charge in [0.25, 0.3) is 0 Å². The van der Waals surface area contributed by atoms with E-state index in [1.54, 1.807) is 12.3 Å². The van der Waals surface area contributed by atoms with Crippen molar-refractivity contribution in [2.45, 2.75) is 0 Å². The Morgan fingerprint density at radius 2 is 2.15 bits per heavy atom. The van der Waals surface area contributed by atoms with E-state index in [0.717, 1.165) is 11.3 Å². The van der Waals surface area contributed by atoms with Crippen molar-refractivity contribution in [1.82, 2.24) is 4.98 Å². The predicted molar refractivity (Wildman–Crippen MR) is 54.1 cm³/mol. The van der Waals surface area contributed by atoms with Crippen molar-refractivity contribution in [3.8, 4) is 11.3 Å². The molecule has 0 fully saturated rings. The second-order valence-corrected chi connectivity index (χ2v) is 3.35. The summed E-state index contributed by atoms with van der Waals surface area (Å²) in [5.41, 5.74) is 6.47. The molecule has 0 aliphatic carbocycles. The molecular weight excluding hydrogens is 232 g/mol. The Morgan fingerprint density at radius 3 is 2.77 bits per heavy atom. The van der Waals surface area contributed by atoms with E-state index in [1.807, 2.05) is 18.2 Å². The summed E-state index contributed by atoms with van der Waals surface area (Å²) in [5.74, 6) is 1.27. The van der Waals surface area contributed by atoms with Crippen LogP contribution < -0.4 is 5.73 Å². The van der Waals surface area contributed by atoms with Crippen LogP contribution in [0.3, 0.4) is 0 Å². The molecule has 13 heavy (non-hydrogen) atoms. The van der Waals surface area contributed by atoms with E-state index >= 15 is 0 Å². The number of anilines is 1. The average Bonchev–Trinajstić information content (AvgIpc) is 2.52. The number of halogens is 1. The standard InChI is InChI=1S/C9H7BrN2O/c10-8-2-1-7(13-8)6-3-4-12-9(11)5-6/h1-5H,(H2,11,12). The van der Waals surface area contributed by atoms with Crippen molar-refractivity contribution in [1.29, 1.82) is 0 Å². The summed E-state index contributed by atoms with van der Waals surface area (Å²) in [4.78, 5) is 3.90. The first-order valence-electron chi connectivity index (χ1n) is 3.73. The van der Waals surface area contributed by atoms with E-state index in [-0.39, 0.29) is 0 Å². The molecule has 2 aromatic rings. The van der Waals surface area contributed by atoms with Gasteiger partial charge in [0.1, 0.15) is 11.6 Å². The van der Waals surface area contributed by atoms with Crippen molar-refractivity contribution in [3.63, 3.8) is 0 Å². The van der Waals surface area contributed by atoms with Gasteiger partial charge in [0, 0.05) is 11.8 Å². The summed E-state index contributed by atoms with van der Waals surface area (Å²) in [6, 6.07) is 7.33. The van der Waals surface area contributed by atoms with E-state index in [9.17, 15) is 0 Å². The molecule has 0 saturated carbocycles. The molecule has 4 heteroatoms. The van der Waals surface area contributed by atoms with E-state index in [4.69, 9.17) is 10.2 Å². The minimum atomic E-state index is 0.491. The maximum atomic E-state index is 5.54. The fourth-order valence-corrected chi connectivity index (χ4v) is 1.38. The Bertz CT molecular complexity index is 425. The number of hydrogen-bond acceptors (Lipinski definition) is 3. The molecule has 2 heterocycles. The number of nitrogens with zero attached hydrogens (tertiary/aromatic N) is 1. The second-order valence-electron chi connectivity index (χ2n) is 2.57. The molecule has 2 aromatic heterocycles. The monoisotopic (exact) mass is 238 g/mol. The van der Waals surface area contributed by atoms with Gasteiger partial charge in [-0.25, -0.2) is 4.98 Å². The summed E-state index contributed by atoms with van der Waals surface area (Å²) in [5, 5.41) is 0. The Hall–Kier alpha value is -1.29. The zero-order valence-corrected chi connectivity index (χ0v) is 8.28. The number of nitrogens with two attached hydrogens (primary N) is 1. The number of nitrogen functional groups attached to an aromatic ring is 1. The van der Waals surface area contributed by atoms with E-state index in [0.29, 0.717) is 10.5 Å². The molecule has 0 atom stereocenters. The Balaban J connectivity index is 2.46. The minimum Gasteiger partial charge on any atom is -0.449 e. The third kappa shape index (κ3) is 1.72. The van der Waals surface area contributed by atoms with Crippen molar-refractivity contribution in [3.05, 3.63) is 35.1 Å². The molecule has 0 bridgehead atoms. The lowest BCUT2D eigenvalue weighted by atomic mass is 10.2. The van der Waals surface area contributed by atoms with Crippen LogP contribution in [0.5, 0.6) is 0 Å². The van der Waals surface area contributed by atoms with Crippen LogP contribution in [0.1, 0.15) is 0 Å². The topological polar surface area (TPSA) is 52.0 Å². The Morgan fingerprint density at radius 1 is 1.31 bits per heavy atom. The first-order valence-corrected chi connectivity index (χ1v) is 4.52. The van der Waals surface area contributed by atoms with Crippen molar-refractivity contribution in [2.24, 2.45) is 0 Å². The van der Waals surface area contributed by atoms with Gasteiger partial charge in [-0.1, -0.05) is 0 Å². The molecule has 0 aliphatic heterocycles. The lowest BCUT2D eigenvalue weighted by Crippen LogP contribution is -1.88. The summed E-state index contributed by atoms with van der Waals surface area (Å²) >= 11 is 3.23. The third-order valence-corrected chi connectivity index (χ3v) is 2.07. The minimum absolute atomic E-state index is 0.491. The Labute approximate surface area is 83.7 Å². The van der Waals surface area contributed by atoms with Crippen LogP contribution in [0.25, 0.3) is 11.3 Å².